The Hall–Kier alpha value is -2.70. The van der Waals surface area contributed by atoms with Crippen molar-refractivity contribution in [1.29, 1.82) is 0 Å². The quantitative estimate of drug-likeness (QED) is 0.735. The number of benzene rings is 1. The molecule has 0 saturated carbocycles. The van der Waals surface area contributed by atoms with Gasteiger partial charge in [-0.1, -0.05) is 30.3 Å². The Kier molecular flexibility index (Phi) is 6.45. The van der Waals surface area contributed by atoms with Crippen molar-refractivity contribution in [1.82, 2.24) is 24.6 Å². The van der Waals surface area contributed by atoms with Crippen LogP contribution in [0.3, 0.4) is 0 Å². The SMILES string of the molecule is Cn1cnnc1C1CCN(C(=O)C2CCC(=O)N(CCCc3ccccc3)C2)CC1. The van der Waals surface area contributed by atoms with Crippen LogP contribution in [0.2, 0.25) is 0 Å². The Balaban J connectivity index is 1.27. The Labute approximate surface area is 178 Å². The Morgan fingerprint density at radius 1 is 1.13 bits per heavy atom. The van der Waals surface area contributed by atoms with E-state index in [4.69, 9.17) is 0 Å². The molecule has 0 aliphatic carbocycles. The van der Waals surface area contributed by atoms with Gasteiger partial charge in [-0.25, -0.2) is 0 Å². The number of amides is 2. The van der Waals surface area contributed by atoms with Crippen molar-refractivity contribution in [3.05, 3.63) is 48.0 Å². The Bertz CT molecular complexity index is 857. The lowest BCUT2D eigenvalue weighted by molar-refractivity contribution is -0.143. The summed E-state index contributed by atoms with van der Waals surface area (Å²) >= 11 is 0. The number of carbonyl (C=O) groups excluding carboxylic acids is 2. The smallest absolute Gasteiger partial charge is 0.227 e. The van der Waals surface area contributed by atoms with Gasteiger partial charge in [0.05, 0.1) is 5.92 Å². The molecule has 1 unspecified atom stereocenters. The molecular formula is C23H31N5O2. The Morgan fingerprint density at radius 2 is 1.90 bits per heavy atom. The number of likely N-dealkylation sites (tertiary alicyclic amines) is 2. The second kappa shape index (κ2) is 9.41. The van der Waals surface area contributed by atoms with E-state index in [1.54, 1.807) is 6.33 Å². The summed E-state index contributed by atoms with van der Waals surface area (Å²) in [5, 5.41) is 8.21. The molecule has 2 aliphatic rings. The van der Waals surface area contributed by atoms with E-state index in [1.165, 1.54) is 5.56 Å². The third kappa shape index (κ3) is 4.71. The van der Waals surface area contributed by atoms with E-state index in [0.717, 1.165) is 51.1 Å². The summed E-state index contributed by atoms with van der Waals surface area (Å²) in [7, 11) is 1.97. The molecule has 7 heteroatoms. The molecule has 0 spiro atoms. The maximum absolute atomic E-state index is 13.1. The van der Waals surface area contributed by atoms with Crippen LogP contribution in [0, 0.1) is 5.92 Å². The van der Waals surface area contributed by atoms with Crippen LogP contribution >= 0.6 is 0 Å². The van der Waals surface area contributed by atoms with Crippen LogP contribution in [-0.2, 0) is 23.1 Å². The van der Waals surface area contributed by atoms with E-state index < -0.39 is 0 Å². The molecule has 160 valence electrons. The van der Waals surface area contributed by atoms with Crippen LogP contribution < -0.4 is 0 Å². The van der Waals surface area contributed by atoms with E-state index in [-0.39, 0.29) is 17.7 Å². The third-order valence-electron chi connectivity index (χ3n) is 6.50. The van der Waals surface area contributed by atoms with Crippen LogP contribution in [0.25, 0.3) is 0 Å². The van der Waals surface area contributed by atoms with Gasteiger partial charge < -0.3 is 14.4 Å². The number of nitrogens with zero attached hydrogens (tertiary/aromatic N) is 5. The maximum Gasteiger partial charge on any atom is 0.227 e. The van der Waals surface area contributed by atoms with E-state index in [0.29, 0.717) is 25.3 Å². The molecule has 1 aromatic heterocycles. The number of carbonyl (C=O) groups is 2. The number of piperidine rings is 2. The van der Waals surface area contributed by atoms with Gasteiger partial charge in [0.1, 0.15) is 12.2 Å². The van der Waals surface area contributed by atoms with Gasteiger partial charge in [-0.2, -0.15) is 0 Å². The summed E-state index contributed by atoms with van der Waals surface area (Å²) in [5.74, 6) is 1.71. The van der Waals surface area contributed by atoms with Crippen LogP contribution in [0.15, 0.2) is 36.7 Å². The van der Waals surface area contributed by atoms with E-state index in [1.807, 2.05) is 39.6 Å². The zero-order valence-corrected chi connectivity index (χ0v) is 17.7. The summed E-state index contributed by atoms with van der Waals surface area (Å²) in [4.78, 5) is 29.4. The van der Waals surface area contributed by atoms with Crippen molar-refractivity contribution >= 4 is 11.8 Å². The fourth-order valence-corrected chi connectivity index (χ4v) is 4.73. The van der Waals surface area contributed by atoms with E-state index >= 15 is 0 Å². The van der Waals surface area contributed by atoms with Crippen molar-refractivity contribution < 1.29 is 9.59 Å². The van der Waals surface area contributed by atoms with Gasteiger partial charge in [-0.3, -0.25) is 9.59 Å². The third-order valence-corrected chi connectivity index (χ3v) is 6.50. The first-order chi connectivity index (χ1) is 14.6. The highest BCUT2D eigenvalue weighted by molar-refractivity contribution is 5.84. The highest BCUT2D eigenvalue weighted by Crippen LogP contribution is 2.28. The molecule has 0 bridgehead atoms. The minimum atomic E-state index is -0.0641. The number of aryl methyl sites for hydroxylation is 2. The van der Waals surface area contributed by atoms with Gasteiger partial charge >= 0.3 is 0 Å². The van der Waals surface area contributed by atoms with Crippen molar-refractivity contribution in [2.45, 2.75) is 44.4 Å². The highest BCUT2D eigenvalue weighted by atomic mass is 16.2. The zero-order chi connectivity index (χ0) is 20.9. The van der Waals surface area contributed by atoms with Gasteiger partial charge in [0.15, 0.2) is 0 Å². The summed E-state index contributed by atoms with van der Waals surface area (Å²) in [6, 6.07) is 10.3. The molecule has 1 atom stereocenters. The normalized spacial score (nSPS) is 20.6. The molecule has 2 fully saturated rings. The second-order valence-corrected chi connectivity index (χ2v) is 8.56. The fraction of sp³-hybridized carbons (Fsp3) is 0.565. The molecule has 4 rings (SSSR count). The fourth-order valence-electron chi connectivity index (χ4n) is 4.73. The lowest BCUT2D eigenvalue weighted by atomic mass is 9.92. The lowest BCUT2D eigenvalue weighted by Crippen LogP contribution is -2.49. The largest absolute Gasteiger partial charge is 0.342 e. The van der Waals surface area contributed by atoms with Gasteiger partial charge in [0.25, 0.3) is 0 Å². The predicted octanol–water partition coefficient (Wildman–Crippen LogP) is 2.39. The molecule has 2 aliphatic heterocycles. The van der Waals surface area contributed by atoms with Crippen molar-refractivity contribution in [3.8, 4) is 0 Å². The zero-order valence-electron chi connectivity index (χ0n) is 17.7. The summed E-state index contributed by atoms with van der Waals surface area (Å²) in [6.45, 7) is 2.81. The number of hydrogen-bond acceptors (Lipinski definition) is 4. The van der Waals surface area contributed by atoms with Gasteiger partial charge in [-0.15, -0.1) is 10.2 Å². The second-order valence-electron chi connectivity index (χ2n) is 8.56. The first kappa shape index (κ1) is 20.6. The first-order valence-corrected chi connectivity index (χ1v) is 11.1. The molecule has 1 aromatic carbocycles. The molecule has 0 radical (unpaired) electrons. The number of aromatic nitrogens is 3. The van der Waals surface area contributed by atoms with Crippen molar-refractivity contribution in [3.63, 3.8) is 0 Å². The van der Waals surface area contributed by atoms with Crippen LogP contribution in [0.1, 0.15) is 49.4 Å². The van der Waals surface area contributed by atoms with Gasteiger partial charge in [0.2, 0.25) is 11.8 Å². The molecular weight excluding hydrogens is 378 g/mol. The molecule has 0 N–H and O–H groups in total. The molecule has 2 saturated heterocycles. The average Bonchev–Trinajstić information content (AvgIpc) is 3.21. The van der Waals surface area contributed by atoms with E-state index in [9.17, 15) is 9.59 Å². The first-order valence-electron chi connectivity index (χ1n) is 11.1. The lowest BCUT2D eigenvalue weighted by Gasteiger charge is -2.37. The molecule has 7 nitrogen and oxygen atoms in total. The minimum Gasteiger partial charge on any atom is -0.342 e. The monoisotopic (exact) mass is 409 g/mol. The minimum absolute atomic E-state index is 0.0641. The highest BCUT2D eigenvalue weighted by Gasteiger charge is 2.34. The van der Waals surface area contributed by atoms with Crippen LogP contribution in [-0.4, -0.2) is 62.6 Å². The standard InChI is InChI=1S/C23H31N5O2/c1-26-17-24-25-22(26)19-11-14-27(15-12-19)23(30)20-9-10-21(29)28(16-20)13-5-8-18-6-3-2-4-7-18/h2-4,6-7,17,19-20H,5,8-16H2,1H3. The number of rotatable bonds is 6. The van der Waals surface area contributed by atoms with E-state index in [2.05, 4.69) is 22.3 Å². The average molecular weight is 410 g/mol. The molecule has 2 amide bonds. The van der Waals surface area contributed by atoms with Crippen molar-refractivity contribution in [2.24, 2.45) is 13.0 Å². The summed E-state index contributed by atoms with van der Waals surface area (Å²) < 4.78 is 1.97. The maximum atomic E-state index is 13.1. The molecule has 3 heterocycles. The van der Waals surface area contributed by atoms with Gasteiger partial charge in [-0.05, 0) is 37.7 Å². The summed E-state index contributed by atoms with van der Waals surface area (Å²) in [6.07, 6.45) is 6.62. The number of hydrogen-bond donors (Lipinski definition) is 0. The topological polar surface area (TPSA) is 71.3 Å². The molecule has 30 heavy (non-hydrogen) atoms. The molecule has 2 aromatic rings. The van der Waals surface area contributed by atoms with Crippen LogP contribution in [0.5, 0.6) is 0 Å². The van der Waals surface area contributed by atoms with Crippen molar-refractivity contribution in [2.75, 3.05) is 26.2 Å². The van der Waals surface area contributed by atoms with Crippen LogP contribution in [0.4, 0.5) is 0 Å². The predicted molar refractivity (Wildman–Crippen MR) is 114 cm³/mol. The summed E-state index contributed by atoms with van der Waals surface area (Å²) in [5.41, 5.74) is 1.29. The Morgan fingerprint density at radius 3 is 2.60 bits per heavy atom. The van der Waals surface area contributed by atoms with Gasteiger partial charge in [0, 0.05) is 45.6 Å².